The Bertz CT molecular complexity index is 846. The van der Waals surface area contributed by atoms with E-state index in [4.69, 9.17) is 5.11 Å². The fraction of sp³-hybridized carbons (Fsp3) is 0.286. The third kappa shape index (κ3) is 4.94. The van der Waals surface area contributed by atoms with Gasteiger partial charge in [-0.1, -0.05) is 18.2 Å². The second-order valence-electron chi connectivity index (χ2n) is 6.60. The van der Waals surface area contributed by atoms with Gasteiger partial charge in [-0.2, -0.15) is 0 Å². The van der Waals surface area contributed by atoms with E-state index in [-0.39, 0.29) is 17.4 Å². The lowest BCUT2D eigenvalue weighted by Gasteiger charge is -2.27. The van der Waals surface area contributed by atoms with Gasteiger partial charge in [0, 0.05) is 30.8 Å². The summed E-state index contributed by atoms with van der Waals surface area (Å²) in [5, 5.41) is 11.8. The number of benzene rings is 2. The summed E-state index contributed by atoms with van der Waals surface area (Å²) in [4.78, 5) is 36.9. The number of aryl methyl sites for hydroxylation is 1. The number of amides is 2. The van der Waals surface area contributed by atoms with E-state index in [1.807, 2.05) is 18.2 Å². The fourth-order valence-electron chi connectivity index (χ4n) is 3.13. The summed E-state index contributed by atoms with van der Waals surface area (Å²) in [6.07, 6.45) is 3.30. The first-order chi connectivity index (χ1) is 13.0. The van der Waals surface area contributed by atoms with E-state index in [1.165, 1.54) is 12.1 Å². The van der Waals surface area contributed by atoms with Crippen LogP contribution in [0.15, 0.2) is 48.5 Å². The third-order valence-corrected chi connectivity index (χ3v) is 4.61. The van der Waals surface area contributed by atoms with E-state index in [2.05, 4.69) is 5.32 Å². The molecule has 0 aliphatic carbocycles. The molecule has 1 aliphatic heterocycles. The van der Waals surface area contributed by atoms with Gasteiger partial charge >= 0.3 is 5.97 Å². The zero-order valence-corrected chi connectivity index (χ0v) is 15.0. The zero-order valence-electron chi connectivity index (χ0n) is 15.0. The Morgan fingerprint density at radius 3 is 2.56 bits per heavy atom. The molecule has 2 N–H and O–H groups in total. The molecule has 140 valence electrons. The van der Waals surface area contributed by atoms with Crippen molar-refractivity contribution in [3.8, 4) is 0 Å². The number of hydrogen-bond acceptors (Lipinski definition) is 3. The monoisotopic (exact) mass is 366 g/mol. The van der Waals surface area contributed by atoms with Crippen LogP contribution in [0, 0.1) is 0 Å². The smallest absolute Gasteiger partial charge is 0.335 e. The van der Waals surface area contributed by atoms with Crippen molar-refractivity contribution in [2.75, 3.05) is 16.8 Å². The highest BCUT2D eigenvalue weighted by molar-refractivity contribution is 5.96. The van der Waals surface area contributed by atoms with Crippen molar-refractivity contribution in [1.82, 2.24) is 0 Å². The Morgan fingerprint density at radius 2 is 1.85 bits per heavy atom. The lowest BCUT2D eigenvalue weighted by atomic mass is 10.1. The number of nitrogens with zero attached hydrogens (tertiary/aromatic N) is 1. The largest absolute Gasteiger partial charge is 0.478 e. The molecule has 6 nitrogen and oxygen atoms in total. The van der Waals surface area contributed by atoms with Gasteiger partial charge < -0.3 is 15.3 Å². The van der Waals surface area contributed by atoms with Crippen molar-refractivity contribution in [2.45, 2.75) is 32.1 Å². The first-order valence-electron chi connectivity index (χ1n) is 9.05. The number of carboxylic acids is 1. The van der Waals surface area contributed by atoms with Crippen LogP contribution in [0.2, 0.25) is 0 Å². The number of hydrogen-bond donors (Lipinski definition) is 2. The van der Waals surface area contributed by atoms with E-state index in [0.29, 0.717) is 31.5 Å². The highest BCUT2D eigenvalue weighted by Crippen LogP contribution is 2.24. The van der Waals surface area contributed by atoms with Crippen LogP contribution < -0.4 is 10.2 Å². The van der Waals surface area contributed by atoms with Crippen LogP contribution >= 0.6 is 0 Å². The minimum atomic E-state index is -0.966. The predicted molar refractivity (Wildman–Crippen MR) is 103 cm³/mol. The number of aromatic carboxylic acids is 1. The molecule has 0 atom stereocenters. The molecule has 0 bridgehead atoms. The molecule has 0 aromatic heterocycles. The van der Waals surface area contributed by atoms with Gasteiger partial charge in [-0.3, -0.25) is 9.59 Å². The molecule has 27 heavy (non-hydrogen) atoms. The number of rotatable bonds is 6. The molecule has 2 aromatic carbocycles. The first kappa shape index (κ1) is 18.6. The number of piperidine rings is 1. The number of nitrogens with one attached hydrogen (secondary N) is 1. The van der Waals surface area contributed by atoms with E-state index in [1.54, 1.807) is 23.1 Å². The highest BCUT2D eigenvalue weighted by atomic mass is 16.4. The third-order valence-electron chi connectivity index (χ3n) is 4.61. The maximum Gasteiger partial charge on any atom is 0.335 e. The summed E-state index contributed by atoms with van der Waals surface area (Å²) in [6, 6.07) is 13.8. The number of carboxylic acid groups (broad SMARTS) is 1. The lowest BCUT2D eigenvalue weighted by molar-refractivity contribution is -0.119. The van der Waals surface area contributed by atoms with Crippen LogP contribution in [-0.4, -0.2) is 29.4 Å². The SMILES string of the molecule is O=C(CCc1ccc(C(=O)O)cc1)Nc1cccc(N2CCCCC2=O)c1. The van der Waals surface area contributed by atoms with Crippen molar-refractivity contribution in [3.05, 3.63) is 59.7 Å². The standard InChI is InChI=1S/C21H22N2O4/c24-19(12-9-15-7-10-16(11-8-15)21(26)27)22-17-4-3-5-18(14-17)23-13-2-1-6-20(23)25/h3-5,7-8,10-11,14H,1-2,6,9,12-13H2,(H,22,24)(H,26,27). The van der Waals surface area contributed by atoms with Crippen molar-refractivity contribution >= 4 is 29.2 Å². The molecule has 6 heteroatoms. The highest BCUT2D eigenvalue weighted by Gasteiger charge is 2.19. The van der Waals surface area contributed by atoms with Gasteiger partial charge in [-0.25, -0.2) is 4.79 Å². The van der Waals surface area contributed by atoms with E-state index < -0.39 is 5.97 Å². The summed E-state index contributed by atoms with van der Waals surface area (Å²) >= 11 is 0. The Kier molecular flexibility index (Phi) is 5.86. The number of carbonyl (C=O) groups excluding carboxylic acids is 2. The first-order valence-corrected chi connectivity index (χ1v) is 9.05. The van der Waals surface area contributed by atoms with Gasteiger partial charge in [0.25, 0.3) is 0 Å². The number of carbonyl (C=O) groups is 3. The molecule has 0 spiro atoms. The van der Waals surface area contributed by atoms with Crippen molar-refractivity contribution < 1.29 is 19.5 Å². The number of anilines is 2. The summed E-state index contributed by atoms with van der Waals surface area (Å²) in [5.74, 6) is -0.972. The molecule has 1 fully saturated rings. The minimum absolute atomic E-state index is 0.120. The zero-order chi connectivity index (χ0) is 19.2. The molecule has 1 saturated heterocycles. The normalized spacial score (nSPS) is 14.1. The Labute approximate surface area is 157 Å². The van der Waals surface area contributed by atoms with Crippen molar-refractivity contribution in [1.29, 1.82) is 0 Å². The van der Waals surface area contributed by atoms with Gasteiger partial charge in [0.2, 0.25) is 11.8 Å². The maximum absolute atomic E-state index is 12.2. The molecule has 0 unspecified atom stereocenters. The van der Waals surface area contributed by atoms with Crippen LogP contribution in [0.25, 0.3) is 0 Å². The molecule has 0 radical (unpaired) electrons. The molecule has 2 amide bonds. The Morgan fingerprint density at radius 1 is 1.07 bits per heavy atom. The van der Waals surface area contributed by atoms with Crippen LogP contribution in [0.5, 0.6) is 0 Å². The molecule has 3 rings (SSSR count). The van der Waals surface area contributed by atoms with Crippen LogP contribution in [-0.2, 0) is 16.0 Å². The van der Waals surface area contributed by atoms with Gasteiger partial charge in [-0.05, 0) is 55.2 Å². The molecule has 2 aromatic rings. The summed E-state index contributed by atoms with van der Waals surface area (Å²) in [7, 11) is 0. The molecular weight excluding hydrogens is 344 g/mol. The molecule has 1 heterocycles. The maximum atomic E-state index is 12.2. The second-order valence-corrected chi connectivity index (χ2v) is 6.60. The average molecular weight is 366 g/mol. The minimum Gasteiger partial charge on any atom is -0.478 e. The van der Waals surface area contributed by atoms with E-state index in [0.717, 1.165) is 24.1 Å². The predicted octanol–water partition coefficient (Wildman–Crippen LogP) is 3.47. The Hall–Kier alpha value is -3.15. The van der Waals surface area contributed by atoms with Gasteiger partial charge in [0.1, 0.15) is 0 Å². The summed E-state index contributed by atoms with van der Waals surface area (Å²) < 4.78 is 0. The van der Waals surface area contributed by atoms with E-state index in [9.17, 15) is 14.4 Å². The lowest BCUT2D eigenvalue weighted by Crippen LogP contribution is -2.35. The Balaban J connectivity index is 1.57. The quantitative estimate of drug-likeness (QED) is 0.819. The topological polar surface area (TPSA) is 86.7 Å². The molecule has 1 aliphatic rings. The second kappa shape index (κ2) is 8.49. The van der Waals surface area contributed by atoms with Crippen LogP contribution in [0.4, 0.5) is 11.4 Å². The fourth-order valence-corrected chi connectivity index (χ4v) is 3.13. The van der Waals surface area contributed by atoms with Gasteiger partial charge in [0.05, 0.1) is 5.56 Å². The summed E-state index contributed by atoms with van der Waals surface area (Å²) in [6.45, 7) is 0.711. The van der Waals surface area contributed by atoms with Crippen LogP contribution in [0.3, 0.4) is 0 Å². The van der Waals surface area contributed by atoms with Crippen LogP contribution in [0.1, 0.15) is 41.6 Å². The molecule has 0 saturated carbocycles. The van der Waals surface area contributed by atoms with Crippen molar-refractivity contribution in [2.24, 2.45) is 0 Å². The molecular formula is C21H22N2O4. The van der Waals surface area contributed by atoms with E-state index >= 15 is 0 Å². The summed E-state index contributed by atoms with van der Waals surface area (Å²) in [5.41, 5.74) is 2.61. The van der Waals surface area contributed by atoms with Gasteiger partial charge in [0.15, 0.2) is 0 Å². The average Bonchev–Trinajstić information content (AvgIpc) is 2.67. The van der Waals surface area contributed by atoms with Crippen molar-refractivity contribution in [3.63, 3.8) is 0 Å². The van der Waals surface area contributed by atoms with Gasteiger partial charge in [-0.15, -0.1) is 0 Å².